The second-order valence-corrected chi connectivity index (χ2v) is 4.11. The van der Waals surface area contributed by atoms with E-state index < -0.39 is 5.66 Å². The molecule has 2 aliphatic rings. The first kappa shape index (κ1) is 7.53. The highest BCUT2D eigenvalue weighted by atomic mass is 35.5. The zero-order chi connectivity index (χ0) is 8.22. The summed E-state index contributed by atoms with van der Waals surface area (Å²) >= 11 is 5.76. The van der Waals surface area contributed by atoms with E-state index in [-0.39, 0.29) is 23.0 Å². The molecule has 0 saturated heterocycles. The van der Waals surface area contributed by atoms with Gasteiger partial charge in [-0.3, -0.25) is 4.79 Å². The van der Waals surface area contributed by atoms with E-state index in [2.05, 4.69) is 0 Å². The molecule has 3 nitrogen and oxygen atoms in total. The molecule has 0 bridgehead atoms. The van der Waals surface area contributed by atoms with Crippen LogP contribution in [0.5, 0.6) is 0 Å². The first-order chi connectivity index (χ1) is 5.03. The van der Waals surface area contributed by atoms with Crippen molar-refractivity contribution in [2.45, 2.75) is 23.9 Å². The first-order valence-corrected chi connectivity index (χ1v) is 4.21. The number of Topliss-reactive ketones (excluding diaryl/α,β-unsaturated/α-hetero) is 1. The Labute approximate surface area is 70.1 Å². The van der Waals surface area contributed by atoms with Crippen LogP contribution >= 0.6 is 11.6 Å². The van der Waals surface area contributed by atoms with Crippen molar-refractivity contribution in [2.75, 3.05) is 0 Å². The van der Waals surface area contributed by atoms with E-state index in [0.29, 0.717) is 12.8 Å². The molecule has 4 heteroatoms. The van der Waals surface area contributed by atoms with Crippen LogP contribution in [-0.4, -0.2) is 16.8 Å². The van der Waals surface area contributed by atoms with Crippen molar-refractivity contribution in [3.05, 3.63) is 0 Å². The predicted octanol–water partition coefficient (Wildman–Crippen LogP) is -0.184. The van der Waals surface area contributed by atoms with Gasteiger partial charge in [0.15, 0.2) is 5.78 Å². The summed E-state index contributed by atoms with van der Waals surface area (Å²) in [5, 5.41) is -0.342. The standard InChI is InChI=1S/C7H11ClN2O/c8-5-1-3-4(2-6(5)11)7(3,9)10/h3-5H,1-2,9-10H2/t3-,4+,5-/m1/s1. The van der Waals surface area contributed by atoms with Gasteiger partial charge in [-0.25, -0.2) is 0 Å². The van der Waals surface area contributed by atoms with Gasteiger partial charge < -0.3 is 11.5 Å². The third-order valence-corrected chi connectivity index (χ3v) is 3.31. The fourth-order valence-electron chi connectivity index (χ4n) is 1.97. The molecule has 0 aliphatic heterocycles. The van der Waals surface area contributed by atoms with E-state index in [4.69, 9.17) is 23.1 Å². The lowest BCUT2D eigenvalue weighted by atomic mass is 9.99. The summed E-state index contributed by atoms with van der Waals surface area (Å²) in [4.78, 5) is 11.1. The van der Waals surface area contributed by atoms with Crippen LogP contribution in [0.3, 0.4) is 0 Å². The highest BCUT2D eigenvalue weighted by Crippen LogP contribution is 2.53. The minimum atomic E-state index is -0.598. The van der Waals surface area contributed by atoms with Crippen molar-refractivity contribution in [3.63, 3.8) is 0 Å². The molecule has 0 unspecified atom stereocenters. The molecule has 0 heterocycles. The molecule has 3 atom stereocenters. The van der Waals surface area contributed by atoms with Crippen molar-refractivity contribution in [3.8, 4) is 0 Å². The summed E-state index contributed by atoms with van der Waals surface area (Å²) in [6.07, 6.45) is 1.14. The molecule has 0 aromatic rings. The predicted molar refractivity (Wildman–Crippen MR) is 42.0 cm³/mol. The highest BCUT2D eigenvalue weighted by molar-refractivity contribution is 6.31. The fraction of sp³-hybridized carbons (Fsp3) is 0.857. The van der Waals surface area contributed by atoms with Crippen LogP contribution in [0.4, 0.5) is 0 Å². The number of nitrogens with two attached hydrogens (primary N) is 2. The highest BCUT2D eigenvalue weighted by Gasteiger charge is 2.63. The van der Waals surface area contributed by atoms with Gasteiger partial charge >= 0.3 is 0 Å². The fourth-order valence-corrected chi connectivity index (χ4v) is 2.26. The molecule has 62 valence electrons. The molecule has 11 heavy (non-hydrogen) atoms. The number of ketones is 1. The van der Waals surface area contributed by atoms with Crippen LogP contribution in [0.2, 0.25) is 0 Å². The number of hydrogen-bond acceptors (Lipinski definition) is 3. The van der Waals surface area contributed by atoms with Gasteiger partial charge in [0.05, 0.1) is 11.0 Å². The average molecular weight is 175 g/mol. The molecular weight excluding hydrogens is 164 g/mol. The van der Waals surface area contributed by atoms with Crippen molar-refractivity contribution in [2.24, 2.45) is 23.3 Å². The lowest BCUT2D eigenvalue weighted by Crippen LogP contribution is -2.37. The smallest absolute Gasteiger partial charge is 0.151 e. The maximum absolute atomic E-state index is 11.1. The van der Waals surface area contributed by atoms with Crippen LogP contribution in [0.15, 0.2) is 0 Å². The minimum absolute atomic E-state index is 0.102. The molecule has 0 spiro atoms. The largest absolute Gasteiger partial charge is 0.313 e. The van der Waals surface area contributed by atoms with Gasteiger partial charge in [-0.2, -0.15) is 0 Å². The Hall–Kier alpha value is -0.120. The molecule has 0 radical (unpaired) electrons. The van der Waals surface area contributed by atoms with E-state index >= 15 is 0 Å². The van der Waals surface area contributed by atoms with Gasteiger partial charge in [-0.05, 0) is 12.3 Å². The van der Waals surface area contributed by atoms with Crippen LogP contribution in [0.25, 0.3) is 0 Å². The van der Waals surface area contributed by atoms with Gasteiger partial charge in [0, 0.05) is 12.3 Å². The van der Waals surface area contributed by atoms with Crippen molar-refractivity contribution in [1.29, 1.82) is 0 Å². The maximum Gasteiger partial charge on any atom is 0.151 e. The summed E-state index contributed by atoms with van der Waals surface area (Å²) in [6.45, 7) is 0. The Morgan fingerprint density at radius 1 is 1.45 bits per heavy atom. The lowest BCUT2D eigenvalue weighted by Gasteiger charge is -2.11. The quantitative estimate of drug-likeness (QED) is 0.395. The van der Waals surface area contributed by atoms with Gasteiger partial charge in [-0.15, -0.1) is 11.6 Å². The number of carbonyl (C=O) groups excluding carboxylic acids is 1. The number of halogens is 1. The third-order valence-electron chi connectivity index (χ3n) is 2.89. The zero-order valence-corrected chi connectivity index (χ0v) is 6.84. The molecule has 2 saturated carbocycles. The Balaban J connectivity index is 2.12. The van der Waals surface area contributed by atoms with Crippen molar-refractivity contribution >= 4 is 17.4 Å². The number of carbonyl (C=O) groups is 1. The molecular formula is C7H11ClN2O. The van der Waals surface area contributed by atoms with Gasteiger partial charge in [-0.1, -0.05) is 0 Å². The SMILES string of the molecule is NC1(N)[C@@H]2C[C@@H](Cl)C(=O)C[C@@H]21. The van der Waals surface area contributed by atoms with E-state index in [9.17, 15) is 4.79 Å². The summed E-state index contributed by atoms with van der Waals surface area (Å²) in [5.41, 5.74) is 10.8. The number of hydrogen-bond donors (Lipinski definition) is 2. The van der Waals surface area contributed by atoms with E-state index in [1.807, 2.05) is 0 Å². The van der Waals surface area contributed by atoms with Gasteiger partial charge in [0.25, 0.3) is 0 Å². The lowest BCUT2D eigenvalue weighted by molar-refractivity contribution is -0.120. The monoisotopic (exact) mass is 174 g/mol. The maximum atomic E-state index is 11.1. The van der Waals surface area contributed by atoms with E-state index in [1.54, 1.807) is 0 Å². The van der Waals surface area contributed by atoms with Gasteiger partial charge in [0.1, 0.15) is 0 Å². The normalized spacial score (nSPS) is 46.8. The molecule has 0 aromatic heterocycles. The van der Waals surface area contributed by atoms with Crippen LogP contribution in [0.1, 0.15) is 12.8 Å². The third kappa shape index (κ3) is 0.916. The van der Waals surface area contributed by atoms with E-state index in [0.717, 1.165) is 0 Å². The Bertz CT molecular complexity index is 216. The average Bonchev–Trinajstić information content (AvgIpc) is 2.39. The zero-order valence-electron chi connectivity index (χ0n) is 6.09. The second kappa shape index (κ2) is 1.97. The molecule has 0 amide bonds. The molecule has 2 rings (SSSR count). The summed E-state index contributed by atoms with van der Waals surface area (Å²) in [6, 6.07) is 0. The topological polar surface area (TPSA) is 69.1 Å². The van der Waals surface area contributed by atoms with E-state index in [1.165, 1.54) is 0 Å². The van der Waals surface area contributed by atoms with Gasteiger partial charge in [0.2, 0.25) is 0 Å². The van der Waals surface area contributed by atoms with Crippen LogP contribution in [-0.2, 0) is 4.79 Å². The molecule has 0 aromatic carbocycles. The minimum Gasteiger partial charge on any atom is -0.313 e. The molecule has 4 N–H and O–H groups in total. The Kier molecular flexibility index (Phi) is 1.35. The second-order valence-electron chi connectivity index (χ2n) is 3.59. The first-order valence-electron chi connectivity index (χ1n) is 3.78. The molecule has 2 fully saturated rings. The van der Waals surface area contributed by atoms with Crippen molar-refractivity contribution < 1.29 is 4.79 Å². The van der Waals surface area contributed by atoms with Crippen LogP contribution in [0, 0.1) is 11.8 Å². The number of alkyl halides is 1. The Morgan fingerprint density at radius 2 is 2.09 bits per heavy atom. The number of rotatable bonds is 0. The van der Waals surface area contributed by atoms with Crippen molar-refractivity contribution in [1.82, 2.24) is 0 Å². The number of fused-ring (bicyclic) bond motifs is 1. The molecule has 2 aliphatic carbocycles. The Morgan fingerprint density at radius 3 is 2.64 bits per heavy atom. The summed E-state index contributed by atoms with van der Waals surface area (Å²) < 4.78 is 0. The van der Waals surface area contributed by atoms with Crippen LogP contribution < -0.4 is 11.5 Å². The summed E-state index contributed by atoms with van der Waals surface area (Å²) in [7, 11) is 0. The summed E-state index contributed by atoms with van der Waals surface area (Å²) in [5.74, 6) is 0.582.